The first kappa shape index (κ1) is 13.4. The van der Waals surface area contributed by atoms with Crippen molar-refractivity contribution in [3.63, 3.8) is 0 Å². The SMILES string of the molecule is CCNc1ccc(Cl)cc1C(=O)Nc1nc(C)no1. The van der Waals surface area contributed by atoms with Crippen molar-refractivity contribution in [2.45, 2.75) is 13.8 Å². The first-order valence-corrected chi connectivity index (χ1v) is 6.13. The van der Waals surface area contributed by atoms with Gasteiger partial charge in [0.05, 0.1) is 5.56 Å². The third-order valence-corrected chi connectivity index (χ3v) is 2.58. The van der Waals surface area contributed by atoms with Crippen molar-refractivity contribution >= 4 is 29.2 Å². The second-order valence-corrected chi connectivity index (χ2v) is 4.26. The number of halogens is 1. The molecule has 19 heavy (non-hydrogen) atoms. The average Bonchev–Trinajstić information content (AvgIpc) is 2.77. The minimum Gasteiger partial charge on any atom is -0.385 e. The number of hydrogen-bond acceptors (Lipinski definition) is 5. The maximum absolute atomic E-state index is 12.1. The minimum absolute atomic E-state index is 0.0601. The van der Waals surface area contributed by atoms with Gasteiger partial charge in [-0.1, -0.05) is 16.8 Å². The minimum atomic E-state index is -0.359. The van der Waals surface area contributed by atoms with Crippen molar-refractivity contribution in [2.75, 3.05) is 17.2 Å². The van der Waals surface area contributed by atoms with E-state index < -0.39 is 0 Å². The molecule has 7 heteroatoms. The lowest BCUT2D eigenvalue weighted by molar-refractivity contribution is 0.102. The number of nitrogens with zero attached hydrogens (tertiary/aromatic N) is 2. The van der Waals surface area contributed by atoms with Crippen molar-refractivity contribution in [3.05, 3.63) is 34.6 Å². The quantitative estimate of drug-likeness (QED) is 0.900. The Morgan fingerprint density at radius 2 is 2.26 bits per heavy atom. The van der Waals surface area contributed by atoms with Crippen LogP contribution in [0.2, 0.25) is 5.02 Å². The summed E-state index contributed by atoms with van der Waals surface area (Å²) in [6.07, 6.45) is 0. The molecule has 0 radical (unpaired) electrons. The Balaban J connectivity index is 2.24. The van der Waals surface area contributed by atoms with Crippen LogP contribution in [0.1, 0.15) is 23.1 Å². The molecule has 0 bridgehead atoms. The zero-order chi connectivity index (χ0) is 13.8. The molecule has 2 rings (SSSR count). The molecule has 2 aromatic rings. The van der Waals surface area contributed by atoms with Crippen molar-refractivity contribution in [2.24, 2.45) is 0 Å². The van der Waals surface area contributed by atoms with Crippen molar-refractivity contribution in [1.82, 2.24) is 10.1 Å². The molecule has 0 saturated heterocycles. The van der Waals surface area contributed by atoms with Crippen LogP contribution in [0.25, 0.3) is 0 Å². The van der Waals surface area contributed by atoms with Crippen molar-refractivity contribution in [1.29, 1.82) is 0 Å². The summed E-state index contributed by atoms with van der Waals surface area (Å²) in [5.74, 6) is 0.0930. The van der Waals surface area contributed by atoms with E-state index >= 15 is 0 Å². The summed E-state index contributed by atoms with van der Waals surface area (Å²) in [5.41, 5.74) is 1.12. The van der Waals surface area contributed by atoms with Gasteiger partial charge in [0.1, 0.15) is 0 Å². The summed E-state index contributed by atoms with van der Waals surface area (Å²) in [7, 11) is 0. The fraction of sp³-hybridized carbons (Fsp3) is 0.250. The Labute approximate surface area is 115 Å². The molecule has 0 saturated carbocycles. The molecule has 0 atom stereocenters. The second kappa shape index (κ2) is 5.71. The number of carbonyl (C=O) groups excluding carboxylic acids is 1. The molecule has 100 valence electrons. The second-order valence-electron chi connectivity index (χ2n) is 3.82. The highest BCUT2D eigenvalue weighted by atomic mass is 35.5. The van der Waals surface area contributed by atoms with Gasteiger partial charge in [-0.05, 0) is 32.0 Å². The molecule has 6 nitrogen and oxygen atoms in total. The third kappa shape index (κ3) is 3.23. The first-order valence-electron chi connectivity index (χ1n) is 5.75. The van der Waals surface area contributed by atoms with E-state index in [0.717, 1.165) is 0 Å². The molecule has 1 amide bonds. The summed E-state index contributed by atoms with van der Waals surface area (Å²) < 4.78 is 4.84. The predicted molar refractivity (Wildman–Crippen MR) is 72.6 cm³/mol. The number of rotatable bonds is 4. The van der Waals surface area contributed by atoms with Gasteiger partial charge in [0.25, 0.3) is 5.91 Å². The number of nitrogens with one attached hydrogen (secondary N) is 2. The number of carbonyl (C=O) groups is 1. The molecule has 1 heterocycles. The first-order chi connectivity index (χ1) is 9.10. The van der Waals surface area contributed by atoms with Crippen LogP contribution >= 0.6 is 11.6 Å². The lowest BCUT2D eigenvalue weighted by Gasteiger charge is -2.09. The maximum atomic E-state index is 12.1. The number of anilines is 2. The van der Waals surface area contributed by atoms with Gasteiger partial charge in [0, 0.05) is 17.3 Å². The van der Waals surface area contributed by atoms with Gasteiger partial charge in [-0.25, -0.2) is 0 Å². The van der Waals surface area contributed by atoms with Gasteiger partial charge in [-0.3, -0.25) is 10.1 Å². The highest BCUT2D eigenvalue weighted by Crippen LogP contribution is 2.21. The standard InChI is InChI=1S/C12H13ClN4O2/c1-3-14-10-5-4-8(13)6-9(10)11(18)16-12-15-7(2)17-19-12/h4-6,14H,3H2,1-2H3,(H,15,16,17,18). The van der Waals surface area contributed by atoms with Crippen LogP contribution in [0.3, 0.4) is 0 Å². The summed E-state index contributed by atoms with van der Waals surface area (Å²) in [4.78, 5) is 16.0. The van der Waals surface area contributed by atoms with Crippen molar-refractivity contribution < 1.29 is 9.32 Å². The van der Waals surface area contributed by atoms with Crippen LogP contribution in [0.5, 0.6) is 0 Å². The topological polar surface area (TPSA) is 80.0 Å². The molecule has 1 aromatic carbocycles. The zero-order valence-corrected chi connectivity index (χ0v) is 11.3. The molecule has 1 aromatic heterocycles. The number of aromatic nitrogens is 2. The molecule has 0 aliphatic rings. The summed E-state index contributed by atoms with van der Waals surface area (Å²) in [6, 6.07) is 5.11. The highest BCUT2D eigenvalue weighted by molar-refractivity contribution is 6.31. The molecule has 0 fully saturated rings. The molecular weight excluding hydrogens is 268 g/mol. The van der Waals surface area contributed by atoms with Crippen LogP contribution in [0.15, 0.2) is 22.7 Å². The highest BCUT2D eigenvalue weighted by Gasteiger charge is 2.14. The molecule has 2 N–H and O–H groups in total. The van der Waals surface area contributed by atoms with E-state index in [2.05, 4.69) is 20.8 Å². The fourth-order valence-electron chi connectivity index (χ4n) is 1.56. The van der Waals surface area contributed by atoms with Gasteiger partial charge in [-0.15, -0.1) is 0 Å². The Kier molecular flexibility index (Phi) is 4.01. The maximum Gasteiger partial charge on any atom is 0.328 e. The molecular formula is C12H13ClN4O2. The average molecular weight is 281 g/mol. The Bertz CT molecular complexity index is 597. The van der Waals surface area contributed by atoms with Gasteiger partial charge in [0.15, 0.2) is 5.82 Å². The van der Waals surface area contributed by atoms with Gasteiger partial charge >= 0.3 is 6.01 Å². The van der Waals surface area contributed by atoms with Crippen LogP contribution < -0.4 is 10.6 Å². The lowest BCUT2D eigenvalue weighted by atomic mass is 10.1. The Morgan fingerprint density at radius 1 is 1.47 bits per heavy atom. The van der Waals surface area contributed by atoms with Crippen LogP contribution in [-0.2, 0) is 0 Å². The number of benzene rings is 1. The smallest absolute Gasteiger partial charge is 0.328 e. The zero-order valence-electron chi connectivity index (χ0n) is 10.5. The third-order valence-electron chi connectivity index (χ3n) is 2.34. The molecule has 0 spiro atoms. The largest absolute Gasteiger partial charge is 0.385 e. The van der Waals surface area contributed by atoms with Crippen LogP contribution in [0.4, 0.5) is 11.7 Å². The van der Waals surface area contributed by atoms with E-state index in [-0.39, 0.29) is 11.9 Å². The number of hydrogen-bond donors (Lipinski definition) is 2. The van der Waals surface area contributed by atoms with Crippen LogP contribution in [-0.4, -0.2) is 22.6 Å². The van der Waals surface area contributed by atoms with Gasteiger partial charge in [0.2, 0.25) is 0 Å². The molecule has 0 aliphatic heterocycles. The molecule has 0 unspecified atom stereocenters. The summed E-state index contributed by atoms with van der Waals surface area (Å²) in [6.45, 7) is 4.31. The van der Waals surface area contributed by atoms with E-state index in [1.165, 1.54) is 0 Å². The van der Waals surface area contributed by atoms with Crippen molar-refractivity contribution in [3.8, 4) is 0 Å². The monoisotopic (exact) mass is 280 g/mol. The summed E-state index contributed by atoms with van der Waals surface area (Å²) in [5, 5.41) is 9.69. The Hall–Kier alpha value is -2.08. The normalized spacial score (nSPS) is 10.3. The van der Waals surface area contributed by atoms with E-state index in [1.54, 1.807) is 25.1 Å². The van der Waals surface area contributed by atoms with E-state index in [9.17, 15) is 4.79 Å². The van der Waals surface area contributed by atoms with E-state index in [0.29, 0.717) is 28.6 Å². The predicted octanol–water partition coefficient (Wildman–Crippen LogP) is 2.72. The van der Waals surface area contributed by atoms with Crippen LogP contribution in [0, 0.1) is 6.92 Å². The van der Waals surface area contributed by atoms with Gasteiger partial charge < -0.3 is 9.84 Å². The van der Waals surface area contributed by atoms with Gasteiger partial charge in [-0.2, -0.15) is 4.98 Å². The lowest BCUT2D eigenvalue weighted by Crippen LogP contribution is -2.15. The fourth-order valence-corrected chi connectivity index (χ4v) is 1.73. The number of aryl methyl sites for hydroxylation is 1. The van der Waals surface area contributed by atoms with E-state index in [1.807, 2.05) is 6.92 Å². The Morgan fingerprint density at radius 3 is 2.89 bits per heavy atom. The van der Waals surface area contributed by atoms with E-state index in [4.69, 9.17) is 16.1 Å². The number of amides is 1. The molecule has 0 aliphatic carbocycles. The summed E-state index contributed by atoms with van der Waals surface area (Å²) >= 11 is 5.91.